The van der Waals surface area contributed by atoms with E-state index in [0.717, 1.165) is 31.6 Å². The molecule has 0 atom stereocenters. The molecule has 0 amide bonds. The average molecular weight is 222 g/mol. The summed E-state index contributed by atoms with van der Waals surface area (Å²) in [6.45, 7) is 4.07. The summed E-state index contributed by atoms with van der Waals surface area (Å²) in [5.41, 5.74) is 1.74. The van der Waals surface area contributed by atoms with Crippen LogP contribution in [0.1, 0.15) is 18.4 Å². The molecule has 1 aliphatic rings. The summed E-state index contributed by atoms with van der Waals surface area (Å²) in [6, 6.07) is 5.77. The zero-order chi connectivity index (χ0) is 11.5. The van der Waals surface area contributed by atoms with Gasteiger partial charge in [0.15, 0.2) is 0 Å². The molecule has 0 spiro atoms. The van der Waals surface area contributed by atoms with Crippen molar-refractivity contribution in [2.45, 2.75) is 25.8 Å². The van der Waals surface area contributed by atoms with E-state index in [4.69, 9.17) is 0 Å². The normalized spacial score (nSPS) is 18.7. The third kappa shape index (κ3) is 2.73. The van der Waals surface area contributed by atoms with E-state index in [1.54, 1.807) is 6.92 Å². The molecule has 0 bridgehead atoms. The fourth-order valence-corrected chi connectivity index (χ4v) is 2.12. The van der Waals surface area contributed by atoms with E-state index in [1.165, 1.54) is 6.07 Å². The van der Waals surface area contributed by atoms with Crippen LogP contribution < -0.4 is 5.32 Å². The summed E-state index contributed by atoms with van der Waals surface area (Å²) in [6.07, 6.45) is 2.32. The molecule has 3 heteroatoms. The number of hydrogen-bond donors (Lipinski definition) is 1. The number of piperidine rings is 1. The van der Waals surface area contributed by atoms with E-state index >= 15 is 0 Å². The van der Waals surface area contributed by atoms with Gasteiger partial charge in [-0.2, -0.15) is 0 Å². The van der Waals surface area contributed by atoms with Gasteiger partial charge < -0.3 is 10.2 Å². The van der Waals surface area contributed by atoms with Crippen LogP contribution in [0.15, 0.2) is 18.2 Å². The van der Waals surface area contributed by atoms with Crippen LogP contribution in [-0.4, -0.2) is 31.1 Å². The van der Waals surface area contributed by atoms with Crippen molar-refractivity contribution in [3.63, 3.8) is 0 Å². The van der Waals surface area contributed by atoms with Crippen molar-refractivity contribution in [2.24, 2.45) is 0 Å². The minimum absolute atomic E-state index is 0.131. The quantitative estimate of drug-likeness (QED) is 0.827. The van der Waals surface area contributed by atoms with Gasteiger partial charge in [0.25, 0.3) is 0 Å². The Morgan fingerprint density at radius 3 is 2.62 bits per heavy atom. The van der Waals surface area contributed by atoms with Crippen molar-refractivity contribution >= 4 is 5.69 Å². The number of rotatable bonds is 2. The van der Waals surface area contributed by atoms with Gasteiger partial charge >= 0.3 is 0 Å². The fraction of sp³-hybridized carbons (Fsp3) is 0.538. The van der Waals surface area contributed by atoms with Crippen LogP contribution in [0, 0.1) is 12.7 Å². The van der Waals surface area contributed by atoms with Crippen molar-refractivity contribution in [1.82, 2.24) is 4.90 Å². The van der Waals surface area contributed by atoms with E-state index in [0.29, 0.717) is 11.6 Å². The molecule has 0 saturated carbocycles. The summed E-state index contributed by atoms with van der Waals surface area (Å²) in [4.78, 5) is 2.34. The molecule has 1 aromatic carbocycles. The molecular formula is C13H19FN2. The summed E-state index contributed by atoms with van der Waals surface area (Å²) in [5, 5.41) is 3.48. The number of hydrogen-bond acceptors (Lipinski definition) is 2. The van der Waals surface area contributed by atoms with E-state index in [9.17, 15) is 4.39 Å². The lowest BCUT2D eigenvalue weighted by Gasteiger charge is -2.30. The second-order valence-corrected chi connectivity index (χ2v) is 4.69. The number of nitrogens with zero attached hydrogens (tertiary/aromatic N) is 1. The molecule has 1 saturated heterocycles. The Morgan fingerprint density at radius 2 is 2.00 bits per heavy atom. The Morgan fingerprint density at radius 1 is 1.31 bits per heavy atom. The van der Waals surface area contributed by atoms with Crippen molar-refractivity contribution in [2.75, 3.05) is 25.5 Å². The Labute approximate surface area is 96.5 Å². The van der Waals surface area contributed by atoms with Crippen molar-refractivity contribution < 1.29 is 4.39 Å². The maximum atomic E-state index is 13.1. The molecule has 2 nitrogen and oxygen atoms in total. The molecule has 0 unspecified atom stereocenters. The summed E-state index contributed by atoms with van der Waals surface area (Å²) in [5.74, 6) is -0.131. The predicted octanol–water partition coefficient (Wildman–Crippen LogP) is 2.64. The van der Waals surface area contributed by atoms with Crippen LogP contribution in [0.2, 0.25) is 0 Å². The smallest absolute Gasteiger partial charge is 0.126 e. The van der Waals surface area contributed by atoms with Crippen LogP contribution in [0.3, 0.4) is 0 Å². The highest BCUT2D eigenvalue weighted by Crippen LogP contribution is 2.18. The van der Waals surface area contributed by atoms with Crippen LogP contribution in [-0.2, 0) is 0 Å². The lowest BCUT2D eigenvalue weighted by Crippen LogP contribution is -2.36. The molecule has 88 valence electrons. The number of benzene rings is 1. The number of nitrogens with one attached hydrogen (secondary N) is 1. The number of anilines is 1. The second kappa shape index (κ2) is 4.83. The molecule has 1 aromatic rings. The van der Waals surface area contributed by atoms with E-state index < -0.39 is 0 Å². The Balaban J connectivity index is 1.96. The molecule has 16 heavy (non-hydrogen) atoms. The van der Waals surface area contributed by atoms with E-state index in [1.807, 2.05) is 12.1 Å². The zero-order valence-corrected chi connectivity index (χ0v) is 9.96. The first-order valence-corrected chi connectivity index (χ1v) is 5.86. The molecule has 1 aliphatic heterocycles. The summed E-state index contributed by atoms with van der Waals surface area (Å²) in [7, 11) is 2.15. The number of aryl methyl sites for hydroxylation is 1. The van der Waals surface area contributed by atoms with Gasteiger partial charge in [0.05, 0.1) is 0 Å². The monoisotopic (exact) mass is 222 g/mol. The average Bonchev–Trinajstić information content (AvgIpc) is 2.27. The third-order valence-electron chi connectivity index (χ3n) is 3.25. The van der Waals surface area contributed by atoms with Crippen molar-refractivity contribution in [3.8, 4) is 0 Å². The zero-order valence-electron chi connectivity index (χ0n) is 9.96. The Bertz CT molecular complexity index is 357. The lowest BCUT2D eigenvalue weighted by atomic mass is 10.0. The summed E-state index contributed by atoms with van der Waals surface area (Å²) >= 11 is 0. The van der Waals surface area contributed by atoms with Gasteiger partial charge in [-0.3, -0.25) is 0 Å². The maximum Gasteiger partial charge on any atom is 0.126 e. The standard InChI is InChI=1S/C13H19FN2/c1-10-9-12(3-4-13(10)14)15-11-5-7-16(2)8-6-11/h3-4,9,11,15H,5-8H2,1-2H3. The van der Waals surface area contributed by atoms with Gasteiger partial charge in [-0.1, -0.05) is 0 Å². The van der Waals surface area contributed by atoms with E-state index in [2.05, 4.69) is 17.3 Å². The lowest BCUT2D eigenvalue weighted by molar-refractivity contribution is 0.264. The topological polar surface area (TPSA) is 15.3 Å². The van der Waals surface area contributed by atoms with E-state index in [-0.39, 0.29) is 5.82 Å². The first-order valence-electron chi connectivity index (χ1n) is 5.86. The first-order chi connectivity index (χ1) is 7.65. The maximum absolute atomic E-state index is 13.1. The Hall–Kier alpha value is -1.09. The molecule has 0 aliphatic carbocycles. The van der Waals surface area contributed by atoms with Gasteiger partial charge in [-0.15, -0.1) is 0 Å². The second-order valence-electron chi connectivity index (χ2n) is 4.69. The van der Waals surface area contributed by atoms with Gasteiger partial charge in [0.1, 0.15) is 5.82 Å². The van der Waals surface area contributed by atoms with Gasteiger partial charge in [-0.05, 0) is 63.7 Å². The minimum Gasteiger partial charge on any atom is -0.382 e. The highest BCUT2D eigenvalue weighted by atomic mass is 19.1. The van der Waals surface area contributed by atoms with Crippen LogP contribution in [0.25, 0.3) is 0 Å². The number of likely N-dealkylation sites (tertiary alicyclic amines) is 1. The molecule has 2 rings (SSSR count). The Kier molecular flexibility index (Phi) is 3.44. The molecule has 1 N–H and O–H groups in total. The van der Waals surface area contributed by atoms with Gasteiger partial charge in [0, 0.05) is 11.7 Å². The highest BCUT2D eigenvalue weighted by Gasteiger charge is 2.16. The fourth-order valence-electron chi connectivity index (χ4n) is 2.12. The first kappa shape index (κ1) is 11.4. The van der Waals surface area contributed by atoms with Crippen LogP contribution in [0.5, 0.6) is 0 Å². The SMILES string of the molecule is Cc1cc(NC2CCN(C)CC2)ccc1F. The minimum atomic E-state index is -0.131. The van der Waals surface area contributed by atoms with Crippen molar-refractivity contribution in [1.29, 1.82) is 0 Å². The summed E-state index contributed by atoms with van der Waals surface area (Å²) < 4.78 is 13.1. The third-order valence-corrected chi connectivity index (χ3v) is 3.25. The predicted molar refractivity (Wildman–Crippen MR) is 65.3 cm³/mol. The molecule has 1 heterocycles. The molecule has 1 fully saturated rings. The number of halogens is 1. The molecular weight excluding hydrogens is 203 g/mol. The van der Waals surface area contributed by atoms with Crippen LogP contribution in [0.4, 0.5) is 10.1 Å². The highest BCUT2D eigenvalue weighted by molar-refractivity contribution is 5.46. The largest absolute Gasteiger partial charge is 0.382 e. The van der Waals surface area contributed by atoms with Crippen LogP contribution >= 0.6 is 0 Å². The van der Waals surface area contributed by atoms with Gasteiger partial charge in [0.2, 0.25) is 0 Å². The molecule has 0 radical (unpaired) electrons. The van der Waals surface area contributed by atoms with Crippen molar-refractivity contribution in [3.05, 3.63) is 29.6 Å². The molecule has 0 aromatic heterocycles. The van der Waals surface area contributed by atoms with Gasteiger partial charge in [-0.25, -0.2) is 4.39 Å².